The second-order valence-electron chi connectivity index (χ2n) is 4.54. The maximum Gasteiger partial charge on any atom is 0.300 e. The Morgan fingerprint density at radius 3 is 2.50 bits per heavy atom. The fourth-order valence-electron chi connectivity index (χ4n) is 2.08. The molecule has 3 aromatic rings. The average molecular weight is 288 g/mol. The summed E-state index contributed by atoms with van der Waals surface area (Å²) in [5, 5.41) is 10.7. The van der Waals surface area contributed by atoms with Crippen molar-refractivity contribution in [2.75, 3.05) is 5.32 Å². The summed E-state index contributed by atoms with van der Waals surface area (Å²) in [5.41, 5.74) is 3.39. The number of benzene rings is 2. The molecule has 0 fully saturated rings. The van der Waals surface area contributed by atoms with Crippen LogP contribution < -0.4 is 5.32 Å². The van der Waals surface area contributed by atoms with E-state index in [2.05, 4.69) is 15.6 Å². The summed E-state index contributed by atoms with van der Waals surface area (Å²) < 4.78 is 1.74. The molecule has 2 aromatic carbocycles. The van der Waals surface area contributed by atoms with Crippen LogP contribution in [0.4, 0.5) is 5.69 Å². The van der Waals surface area contributed by atoms with E-state index in [0.29, 0.717) is 5.69 Å². The van der Waals surface area contributed by atoms with Crippen LogP contribution in [0.15, 0.2) is 60.8 Å². The van der Waals surface area contributed by atoms with Crippen LogP contribution in [0.3, 0.4) is 0 Å². The minimum atomic E-state index is -0.474. The fraction of sp³-hybridized carbons (Fsp3) is 0. The summed E-state index contributed by atoms with van der Waals surface area (Å²) in [6.07, 6.45) is 6.74. The molecule has 0 atom stereocenters. The number of anilines is 1. The zero-order valence-electron chi connectivity index (χ0n) is 11.6. The summed E-state index contributed by atoms with van der Waals surface area (Å²) in [5.74, 6) is 1.54. The van der Waals surface area contributed by atoms with Crippen LogP contribution in [-0.4, -0.2) is 20.9 Å². The molecule has 22 heavy (non-hydrogen) atoms. The molecule has 106 valence electrons. The largest absolute Gasteiger partial charge is 0.315 e. The highest BCUT2D eigenvalue weighted by Gasteiger charge is 2.08. The molecule has 0 aliphatic heterocycles. The van der Waals surface area contributed by atoms with Gasteiger partial charge in [-0.25, -0.2) is 4.68 Å². The maximum absolute atomic E-state index is 11.2. The Morgan fingerprint density at radius 1 is 1.09 bits per heavy atom. The van der Waals surface area contributed by atoms with E-state index in [1.54, 1.807) is 23.0 Å². The van der Waals surface area contributed by atoms with Crippen LogP contribution in [0.2, 0.25) is 0 Å². The number of terminal acetylenes is 1. The molecule has 1 heterocycles. The number of aromatic nitrogens is 3. The van der Waals surface area contributed by atoms with Crippen molar-refractivity contribution in [1.29, 1.82) is 0 Å². The van der Waals surface area contributed by atoms with Crippen molar-refractivity contribution in [3.63, 3.8) is 0 Å². The van der Waals surface area contributed by atoms with Gasteiger partial charge in [-0.05, 0) is 30.2 Å². The first-order valence-electron chi connectivity index (χ1n) is 6.62. The zero-order valence-corrected chi connectivity index (χ0v) is 11.6. The maximum atomic E-state index is 11.2. The van der Waals surface area contributed by atoms with Crippen molar-refractivity contribution in [3.05, 3.63) is 60.8 Å². The second kappa shape index (κ2) is 5.94. The van der Waals surface area contributed by atoms with Gasteiger partial charge in [0.2, 0.25) is 0 Å². The Balaban J connectivity index is 1.92. The van der Waals surface area contributed by atoms with Crippen LogP contribution in [0.5, 0.6) is 0 Å². The minimum Gasteiger partial charge on any atom is -0.315 e. The quantitative estimate of drug-likeness (QED) is 0.753. The lowest BCUT2D eigenvalue weighted by Crippen LogP contribution is -2.08. The van der Waals surface area contributed by atoms with Crippen molar-refractivity contribution in [3.8, 4) is 29.3 Å². The molecule has 5 heteroatoms. The molecular formula is C17H12N4O. The van der Waals surface area contributed by atoms with E-state index in [1.807, 2.05) is 48.4 Å². The summed E-state index contributed by atoms with van der Waals surface area (Å²) in [4.78, 5) is 11.2. The number of carbonyl (C=O) groups is 1. The van der Waals surface area contributed by atoms with Gasteiger partial charge < -0.3 is 5.32 Å². The SMILES string of the molecule is C#CC(=O)Nc1ccc(-n2nncc2-c2ccccc2)cc1. The molecular weight excluding hydrogens is 276 g/mol. The standard InChI is InChI=1S/C17H12N4O/c1-2-17(22)19-14-8-10-15(11-9-14)21-16(12-18-20-21)13-6-4-3-5-7-13/h1,3-12H,(H,19,22). The smallest absolute Gasteiger partial charge is 0.300 e. The topological polar surface area (TPSA) is 59.8 Å². The lowest BCUT2D eigenvalue weighted by atomic mass is 10.1. The minimum absolute atomic E-state index is 0.474. The van der Waals surface area contributed by atoms with Gasteiger partial charge in [-0.2, -0.15) is 0 Å². The van der Waals surface area contributed by atoms with Gasteiger partial charge >= 0.3 is 0 Å². The van der Waals surface area contributed by atoms with Crippen molar-refractivity contribution in [2.45, 2.75) is 0 Å². The predicted molar refractivity (Wildman–Crippen MR) is 84.3 cm³/mol. The molecule has 5 nitrogen and oxygen atoms in total. The lowest BCUT2D eigenvalue weighted by Gasteiger charge is -2.07. The van der Waals surface area contributed by atoms with Gasteiger partial charge in [0, 0.05) is 11.3 Å². The summed E-state index contributed by atoms with van der Waals surface area (Å²) in [7, 11) is 0. The fourth-order valence-corrected chi connectivity index (χ4v) is 2.08. The third kappa shape index (κ3) is 2.72. The van der Waals surface area contributed by atoms with Crippen molar-refractivity contribution >= 4 is 11.6 Å². The van der Waals surface area contributed by atoms with Gasteiger partial charge in [0.1, 0.15) is 0 Å². The predicted octanol–water partition coefficient (Wildman–Crippen LogP) is 2.51. The third-order valence-electron chi connectivity index (χ3n) is 3.12. The molecule has 0 radical (unpaired) electrons. The van der Waals surface area contributed by atoms with Gasteiger partial charge in [-0.15, -0.1) is 11.5 Å². The van der Waals surface area contributed by atoms with Gasteiger partial charge in [-0.3, -0.25) is 4.79 Å². The Morgan fingerprint density at radius 2 is 1.82 bits per heavy atom. The number of hydrogen-bond donors (Lipinski definition) is 1. The van der Waals surface area contributed by atoms with Crippen LogP contribution in [-0.2, 0) is 4.79 Å². The Hall–Kier alpha value is -3.39. The number of amides is 1. The number of hydrogen-bond acceptors (Lipinski definition) is 3. The van der Waals surface area contributed by atoms with Gasteiger partial charge in [0.05, 0.1) is 17.6 Å². The Bertz CT molecular complexity index is 829. The number of nitrogens with zero attached hydrogens (tertiary/aromatic N) is 3. The first-order chi connectivity index (χ1) is 10.8. The highest BCUT2D eigenvalue weighted by Crippen LogP contribution is 2.21. The molecule has 0 aliphatic carbocycles. The molecule has 0 saturated heterocycles. The molecule has 1 amide bonds. The van der Waals surface area contributed by atoms with Crippen LogP contribution in [0.25, 0.3) is 16.9 Å². The monoisotopic (exact) mass is 288 g/mol. The lowest BCUT2D eigenvalue weighted by molar-refractivity contribution is -0.111. The molecule has 0 unspecified atom stereocenters. The van der Waals surface area contributed by atoms with E-state index in [4.69, 9.17) is 6.42 Å². The van der Waals surface area contributed by atoms with Gasteiger partial charge in [0.25, 0.3) is 5.91 Å². The zero-order chi connectivity index (χ0) is 15.4. The van der Waals surface area contributed by atoms with E-state index in [9.17, 15) is 4.79 Å². The van der Waals surface area contributed by atoms with Crippen molar-refractivity contribution < 1.29 is 4.79 Å². The molecule has 0 aliphatic rings. The number of rotatable bonds is 3. The summed E-state index contributed by atoms with van der Waals surface area (Å²) >= 11 is 0. The number of carbonyl (C=O) groups excluding carboxylic acids is 1. The van der Waals surface area contributed by atoms with E-state index >= 15 is 0 Å². The first kappa shape index (κ1) is 13.6. The van der Waals surface area contributed by atoms with Crippen LogP contribution in [0.1, 0.15) is 0 Å². The molecule has 0 spiro atoms. The van der Waals surface area contributed by atoms with E-state index in [-0.39, 0.29) is 0 Å². The van der Waals surface area contributed by atoms with E-state index in [0.717, 1.165) is 16.9 Å². The normalized spacial score (nSPS) is 9.95. The van der Waals surface area contributed by atoms with Gasteiger partial charge in [-0.1, -0.05) is 35.5 Å². The van der Waals surface area contributed by atoms with E-state index in [1.165, 1.54) is 0 Å². The molecule has 1 N–H and O–H groups in total. The van der Waals surface area contributed by atoms with Crippen molar-refractivity contribution in [1.82, 2.24) is 15.0 Å². The van der Waals surface area contributed by atoms with Crippen LogP contribution in [0, 0.1) is 12.3 Å². The van der Waals surface area contributed by atoms with Crippen molar-refractivity contribution in [2.24, 2.45) is 0 Å². The Kier molecular flexibility index (Phi) is 3.67. The molecule has 0 saturated carbocycles. The highest BCUT2D eigenvalue weighted by atomic mass is 16.1. The summed E-state index contributed by atoms with van der Waals surface area (Å²) in [6.45, 7) is 0. The van der Waals surface area contributed by atoms with Gasteiger partial charge in [0.15, 0.2) is 0 Å². The average Bonchev–Trinajstić information content (AvgIpc) is 3.06. The summed E-state index contributed by atoms with van der Waals surface area (Å²) in [6, 6.07) is 17.1. The highest BCUT2D eigenvalue weighted by molar-refractivity contribution is 6.03. The van der Waals surface area contributed by atoms with E-state index < -0.39 is 5.91 Å². The van der Waals surface area contributed by atoms with Crippen LogP contribution >= 0.6 is 0 Å². The molecule has 1 aromatic heterocycles. The second-order valence-corrected chi connectivity index (χ2v) is 4.54. The molecule has 3 rings (SSSR count). The molecule has 0 bridgehead atoms. The first-order valence-corrected chi connectivity index (χ1v) is 6.62. The number of nitrogens with one attached hydrogen (secondary N) is 1. The third-order valence-corrected chi connectivity index (χ3v) is 3.12. The Labute approximate surface area is 127 Å².